The van der Waals surface area contributed by atoms with E-state index < -0.39 is 19.3 Å². The Kier molecular flexibility index (Phi) is 3.52. The quantitative estimate of drug-likeness (QED) is 0.661. The number of ether oxygens (including phenoxy) is 1. The molecule has 0 aromatic rings. The fourth-order valence-corrected chi connectivity index (χ4v) is 1.96. The van der Waals surface area contributed by atoms with Gasteiger partial charge in [0.05, 0.1) is 24.7 Å². The van der Waals surface area contributed by atoms with Crippen LogP contribution in [-0.4, -0.2) is 48.2 Å². The molecule has 1 aliphatic rings. The number of rotatable bonds is 3. The Morgan fingerprint density at radius 3 is 2.38 bits per heavy atom. The van der Waals surface area contributed by atoms with Gasteiger partial charge in [-0.15, -0.1) is 0 Å². The molecule has 4 nitrogen and oxygen atoms in total. The van der Waals surface area contributed by atoms with Crippen molar-refractivity contribution in [1.29, 1.82) is 0 Å². The van der Waals surface area contributed by atoms with Gasteiger partial charge in [-0.25, -0.2) is 0 Å². The predicted molar refractivity (Wildman–Crippen MR) is 50.4 cm³/mol. The molecule has 0 aliphatic heterocycles. The van der Waals surface area contributed by atoms with Crippen molar-refractivity contribution in [1.82, 2.24) is 0 Å². The van der Waals surface area contributed by atoms with Gasteiger partial charge >= 0.3 is 0 Å². The highest BCUT2D eigenvalue weighted by Gasteiger charge is 2.33. The van der Waals surface area contributed by atoms with Gasteiger partial charge in [-0.1, -0.05) is 0 Å². The summed E-state index contributed by atoms with van der Waals surface area (Å²) in [6.45, 7) is 3.29. The standard InChI is InChI=1S/C8H17O4P/c1-13(2,11)5-12-8-4-6(9)3-7(8)10/h6-10H,3-5H2,1-2H3/t6-,7-,8+/m1/s1. The zero-order valence-electron chi connectivity index (χ0n) is 8.01. The lowest BCUT2D eigenvalue weighted by molar-refractivity contribution is 0.000139. The summed E-state index contributed by atoms with van der Waals surface area (Å²) >= 11 is 0. The third-order valence-corrected chi connectivity index (χ3v) is 2.82. The van der Waals surface area contributed by atoms with Gasteiger partial charge in [0.2, 0.25) is 0 Å². The number of hydrogen-bond acceptors (Lipinski definition) is 4. The Bertz CT molecular complexity index is 212. The van der Waals surface area contributed by atoms with Crippen LogP contribution in [0.15, 0.2) is 0 Å². The van der Waals surface area contributed by atoms with Crippen LogP contribution in [0.5, 0.6) is 0 Å². The van der Waals surface area contributed by atoms with E-state index in [1.165, 1.54) is 0 Å². The summed E-state index contributed by atoms with van der Waals surface area (Å²) in [7, 11) is -2.18. The van der Waals surface area contributed by atoms with E-state index in [1.54, 1.807) is 13.3 Å². The smallest absolute Gasteiger partial charge is 0.106 e. The van der Waals surface area contributed by atoms with E-state index in [9.17, 15) is 14.8 Å². The van der Waals surface area contributed by atoms with E-state index in [4.69, 9.17) is 4.74 Å². The van der Waals surface area contributed by atoms with Crippen LogP contribution in [0.4, 0.5) is 0 Å². The molecule has 2 N–H and O–H groups in total. The molecule has 78 valence electrons. The highest BCUT2D eigenvalue weighted by Crippen LogP contribution is 2.37. The lowest BCUT2D eigenvalue weighted by Gasteiger charge is -2.16. The molecule has 0 heterocycles. The average Bonchev–Trinajstić information content (AvgIpc) is 2.24. The van der Waals surface area contributed by atoms with Crippen molar-refractivity contribution >= 4 is 7.14 Å². The predicted octanol–water partition coefficient (Wildman–Crippen LogP) is 0.467. The van der Waals surface area contributed by atoms with Crippen LogP contribution in [0.3, 0.4) is 0 Å². The number of hydrogen-bond donors (Lipinski definition) is 2. The maximum absolute atomic E-state index is 11.3. The molecule has 0 aromatic carbocycles. The third kappa shape index (κ3) is 3.77. The molecule has 1 aliphatic carbocycles. The maximum atomic E-state index is 11.3. The summed E-state index contributed by atoms with van der Waals surface area (Å²) in [6.07, 6.45) is -0.441. The molecular formula is C8H17O4P. The molecule has 0 unspecified atom stereocenters. The van der Waals surface area contributed by atoms with Gasteiger partial charge in [-0.2, -0.15) is 0 Å². The second kappa shape index (κ2) is 4.09. The molecule has 0 amide bonds. The van der Waals surface area contributed by atoms with Crippen molar-refractivity contribution in [2.75, 3.05) is 19.7 Å². The maximum Gasteiger partial charge on any atom is 0.106 e. The molecule has 0 aromatic heterocycles. The normalized spacial score (nSPS) is 35.2. The summed E-state index contributed by atoms with van der Waals surface area (Å²) < 4.78 is 16.6. The van der Waals surface area contributed by atoms with Crippen LogP contribution < -0.4 is 0 Å². The first-order valence-electron chi connectivity index (χ1n) is 4.40. The first-order chi connectivity index (χ1) is 5.88. The van der Waals surface area contributed by atoms with Crippen molar-refractivity contribution < 1.29 is 19.5 Å². The van der Waals surface area contributed by atoms with Crippen molar-refractivity contribution in [2.24, 2.45) is 0 Å². The minimum atomic E-state index is -2.18. The minimum absolute atomic E-state index is 0.182. The van der Waals surface area contributed by atoms with Gasteiger partial charge in [0.1, 0.15) is 7.14 Å². The van der Waals surface area contributed by atoms with Crippen molar-refractivity contribution in [2.45, 2.75) is 31.2 Å². The van der Waals surface area contributed by atoms with Gasteiger partial charge < -0.3 is 19.5 Å². The van der Waals surface area contributed by atoms with Crippen LogP contribution in [0.2, 0.25) is 0 Å². The molecule has 5 heteroatoms. The Labute approximate surface area is 78.3 Å². The lowest BCUT2D eigenvalue weighted by Crippen LogP contribution is -2.23. The second-order valence-corrected chi connectivity index (χ2v) is 7.51. The van der Waals surface area contributed by atoms with Crippen LogP contribution in [-0.2, 0) is 9.30 Å². The summed E-state index contributed by atoms with van der Waals surface area (Å²) in [5.41, 5.74) is 0. The highest BCUT2D eigenvalue weighted by atomic mass is 31.2. The Hall–Kier alpha value is 0.110. The van der Waals surface area contributed by atoms with E-state index in [1.807, 2.05) is 0 Å². The second-order valence-electron chi connectivity index (χ2n) is 4.10. The Balaban J connectivity index is 2.34. The molecule has 1 rings (SSSR count). The molecule has 1 fully saturated rings. The Morgan fingerprint density at radius 2 is 2.00 bits per heavy atom. The SMILES string of the molecule is CP(C)(=O)CO[C@H]1C[C@H](O)C[C@H]1O. The average molecular weight is 208 g/mol. The van der Waals surface area contributed by atoms with Gasteiger partial charge in [0.15, 0.2) is 0 Å². The van der Waals surface area contributed by atoms with Crippen molar-refractivity contribution in [3.8, 4) is 0 Å². The fraction of sp³-hybridized carbons (Fsp3) is 1.00. The number of aliphatic hydroxyl groups excluding tert-OH is 2. The van der Waals surface area contributed by atoms with E-state index in [0.29, 0.717) is 12.8 Å². The highest BCUT2D eigenvalue weighted by molar-refractivity contribution is 7.62. The van der Waals surface area contributed by atoms with Crippen LogP contribution in [0.25, 0.3) is 0 Å². The monoisotopic (exact) mass is 208 g/mol. The van der Waals surface area contributed by atoms with E-state index in [0.717, 1.165) is 0 Å². The zero-order valence-corrected chi connectivity index (χ0v) is 8.91. The van der Waals surface area contributed by atoms with Crippen LogP contribution >= 0.6 is 7.14 Å². The molecule has 13 heavy (non-hydrogen) atoms. The molecule has 0 saturated heterocycles. The first kappa shape index (κ1) is 11.2. The van der Waals surface area contributed by atoms with Gasteiger partial charge in [0, 0.05) is 12.8 Å². The summed E-state index contributed by atoms with van der Waals surface area (Å²) in [5.74, 6) is 0. The van der Waals surface area contributed by atoms with Crippen molar-refractivity contribution in [3.63, 3.8) is 0 Å². The van der Waals surface area contributed by atoms with Gasteiger partial charge in [-0.3, -0.25) is 0 Å². The van der Waals surface area contributed by atoms with E-state index >= 15 is 0 Å². The lowest BCUT2D eigenvalue weighted by atomic mass is 10.3. The molecule has 0 bridgehead atoms. The zero-order chi connectivity index (χ0) is 10.1. The Morgan fingerprint density at radius 1 is 1.38 bits per heavy atom. The molecular weight excluding hydrogens is 191 g/mol. The molecule has 1 saturated carbocycles. The molecule has 0 spiro atoms. The van der Waals surface area contributed by atoms with Gasteiger partial charge in [0.25, 0.3) is 0 Å². The van der Waals surface area contributed by atoms with Crippen LogP contribution in [0.1, 0.15) is 12.8 Å². The largest absolute Gasteiger partial charge is 0.393 e. The van der Waals surface area contributed by atoms with Crippen molar-refractivity contribution in [3.05, 3.63) is 0 Å². The third-order valence-electron chi connectivity index (χ3n) is 2.05. The summed E-state index contributed by atoms with van der Waals surface area (Å²) in [5, 5.41) is 18.6. The molecule has 0 radical (unpaired) electrons. The number of aliphatic hydroxyl groups is 2. The fourth-order valence-electron chi connectivity index (χ4n) is 1.41. The van der Waals surface area contributed by atoms with Gasteiger partial charge in [-0.05, 0) is 13.3 Å². The minimum Gasteiger partial charge on any atom is -0.393 e. The van der Waals surface area contributed by atoms with E-state index in [2.05, 4.69) is 0 Å². The molecule has 3 atom stereocenters. The summed E-state index contributed by atoms with van der Waals surface area (Å²) in [6, 6.07) is 0. The summed E-state index contributed by atoms with van der Waals surface area (Å²) in [4.78, 5) is 0. The van der Waals surface area contributed by atoms with E-state index in [-0.39, 0.29) is 12.5 Å². The first-order valence-corrected chi connectivity index (χ1v) is 7.19. The van der Waals surface area contributed by atoms with Crippen LogP contribution in [0, 0.1) is 0 Å². The topological polar surface area (TPSA) is 66.8 Å².